The number of aromatic nitrogens is 6. The zero-order chi connectivity index (χ0) is 32.4. The molecule has 0 amide bonds. The van der Waals surface area contributed by atoms with Gasteiger partial charge in [-0.3, -0.25) is 9.97 Å². The van der Waals surface area contributed by atoms with E-state index in [9.17, 15) is 4.57 Å². The van der Waals surface area contributed by atoms with Crippen molar-refractivity contribution in [2.24, 2.45) is 0 Å². The molecule has 0 saturated carbocycles. The number of hydrogen-bond acceptors (Lipinski definition) is 13. The lowest BCUT2D eigenvalue weighted by atomic mass is 10.1. The van der Waals surface area contributed by atoms with Crippen LogP contribution in [0.3, 0.4) is 0 Å². The minimum Gasteiger partial charge on any atom is -0.479 e. The molecule has 1 aromatic carbocycles. The molecule has 5 heterocycles. The number of H-pyrrole nitrogens is 1. The molecular formula is C31H37N12O2P. The summed E-state index contributed by atoms with van der Waals surface area (Å²) in [7, 11) is 2.67. The van der Waals surface area contributed by atoms with E-state index in [0.717, 1.165) is 42.9 Å². The molecule has 1 aliphatic heterocycles. The summed E-state index contributed by atoms with van der Waals surface area (Å²) < 4.78 is 19.3. The molecule has 1 aliphatic rings. The first-order chi connectivity index (χ1) is 22.2. The molecule has 0 atom stereocenters. The number of hydrogen-bond donors (Lipinski definition) is 5. The van der Waals surface area contributed by atoms with Gasteiger partial charge in [-0.05, 0) is 44.6 Å². The van der Waals surface area contributed by atoms with Crippen molar-refractivity contribution in [1.82, 2.24) is 40.1 Å². The molecule has 0 bridgehead atoms. The standard InChI is InChI=1S/C31H37N12O2P/c1-33-18-19(17-32)21-16-24(30(45-3)41-29(21)43-14-12-42(2)13-15-43)38-31-39-27-20(8-9-36-27)28(40-31)37-23-7-6-22-25(35-11-10-34-22)26(23)46(4,5)44/h6-11,16-18,32-33H,12-15H2,1-5H3,(H3,36,37,38,39,40)/b19-18+,32-17?. The Labute approximate surface area is 266 Å². The van der Waals surface area contributed by atoms with Crippen molar-refractivity contribution in [3.63, 3.8) is 0 Å². The van der Waals surface area contributed by atoms with Crippen molar-refractivity contribution >= 4 is 75.3 Å². The van der Waals surface area contributed by atoms with Gasteiger partial charge in [-0.15, -0.1) is 0 Å². The van der Waals surface area contributed by atoms with E-state index in [2.05, 4.69) is 47.7 Å². The molecule has 0 spiro atoms. The Morgan fingerprint density at radius 1 is 1.04 bits per heavy atom. The van der Waals surface area contributed by atoms with E-state index in [1.54, 1.807) is 52.3 Å². The lowest BCUT2D eigenvalue weighted by Gasteiger charge is -2.34. The van der Waals surface area contributed by atoms with Gasteiger partial charge in [-0.1, -0.05) is 0 Å². The Morgan fingerprint density at radius 2 is 1.83 bits per heavy atom. The number of pyridine rings is 1. The quantitative estimate of drug-likeness (QED) is 0.110. The highest BCUT2D eigenvalue weighted by atomic mass is 31.2. The SMILES string of the molecule is CN/C=C(\C=N)c1cc(Nc2nc(Nc3ccc4nccnc4c3P(C)(C)=O)c3cc[nH]c3n2)c(OC)nc1N1CCN(C)CC1. The molecule has 5 N–H and O–H groups in total. The molecule has 5 aromatic rings. The number of anilines is 5. The van der Waals surface area contributed by atoms with Crippen molar-refractivity contribution in [3.05, 3.63) is 54.6 Å². The molecule has 4 aromatic heterocycles. The number of benzene rings is 1. The summed E-state index contributed by atoms with van der Waals surface area (Å²) in [5.74, 6) is 1.88. The largest absolute Gasteiger partial charge is 0.479 e. The Morgan fingerprint density at radius 3 is 2.54 bits per heavy atom. The van der Waals surface area contributed by atoms with E-state index in [1.165, 1.54) is 6.21 Å². The van der Waals surface area contributed by atoms with Gasteiger partial charge in [-0.25, -0.2) is 0 Å². The van der Waals surface area contributed by atoms with Crippen LogP contribution in [0, 0.1) is 5.41 Å². The summed E-state index contributed by atoms with van der Waals surface area (Å²) in [5.41, 5.74) is 4.42. The van der Waals surface area contributed by atoms with E-state index < -0.39 is 7.14 Å². The molecule has 0 radical (unpaired) electrons. The summed E-state index contributed by atoms with van der Waals surface area (Å²) in [6.45, 7) is 6.82. The van der Waals surface area contributed by atoms with Gasteiger partial charge in [0.25, 0.3) is 0 Å². The molecule has 0 aliphatic carbocycles. The predicted molar refractivity (Wildman–Crippen MR) is 185 cm³/mol. The predicted octanol–water partition coefficient (Wildman–Crippen LogP) is 4.00. The highest BCUT2D eigenvalue weighted by Crippen LogP contribution is 2.41. The number of allylic oxidation sites excluding steroid dienone is 1. The smallest absolute Gasteiger partial charge is 0.239 e. The van der Waals surface area contributed by atoms with Gasteiger partial charge in [0.05, 0.1) is 29.0 Å². The number of rotatable bonds is 10. The number of methoxy groups -OCH3 is 1. The van der Waals surface area contributed by atoms with Crippen LogP contribution in [0.25, 0.3) is 27.6 Å². The van der Waals surface area contributed by atoms with Crippen LogP contribution in [-0.2, 0) is 4.57 Å². The van der Waals surface area contributed by atoms with E-state index in [1.807, 2.05) is 24.3 Å². The van der Waals surface area contributed by atoms with Gasteiger partial charge in [-0.2, -0.15) is 15.0 Å². The number of nitrogens with zero attached hydrogens (tertiary/aromatic N) is 7. The van der Waals surface area contributed by atoms with Crippen LogP contribution in [0.2, 0.25) is 0 Å². The first-order valence-corrected chi connectivity index (χ1v) is 17.4. The lowest BCUT2D eigenvalue weighted by Crippen LogP contribution is -2.45. The fourth-order valence-corrected chi connectivity index (χ4v) is 6.96. The minimum atomic E-state index is -2.80. The maximum absolute atomic E-state index is 13.5. The van der Waals surface area contributed by atoms with Crippen molar-refractivity contribution < 1.29 is 9.30 Å². The zero-order valence-corrected chi connectivity index (χ0v) is 27.3. The molecule has 1 saturated heterocycles. The topological polar surface area (TPSA) is 173 Å². The molecule has 238 valence electrons. The van der Waals surface area contributed by atoms with E-state index >= 15 is 0 Å². The Hall–Kier alpha value is -5.07. The highest BCUT2D eigenvalue weighted by Gasteiger charge is 2.25. The van der Waals surface area contributed by atoms with Crippen LogP contribution in [0.4, 0.5) is 29.0 Å². The maximum Gasteiger partial charge on any atom is 0.239 e. The number of aromatic amines is 1. The van der Waals surface area contributed by atoms with Crippen LogP contribution in [0.1, 0.15) is 5.56 Å². The second kappa shape index (κ2) is 12.7. The van der Waals surface area contributed by atoms with Crippen molar-refractivity contribution in [2.45, 2.75) is 0 Å². The molecule has 1 fully saturated rings. The Balaban J connectivity index is 1.43. The van der Waals surface area contributed by atoms with Crippen LogP contribution >= 0.6 is 7.14 Å². The second-order valence-corrected chi connectivity index (χ2v) is 14.5. The third-order valence-electron chi connectivity index (χ3n) is 7.80. The van der Waals surface area contributed by atoms with Crippen molar-refractivity contribution in [3.8, 4) is 5.88 Å². The average Bonchev–Trinajstić information content (AvgIpc) is 3.52. The minimum absolute atomic E-state index is 0.281. The van der Waals surface area contributed by atoms with Gasteiger partial charge in [0.2, 0.25) is 11.8 Å². The number of likely N-dealkylation sites (N-methyl/N-ethyl adjacent to an activating group) is 1. The average molecular weight is 641 g/mol. The van der Waals surface area contributed by atoms with E-state index in [-0.39, 0.29) is 5.95 Å². The fourth-order valence-electron chi connectivity index (χ4n) is 5.57. The maximum atomic E-state index is 13.5. The Bertz CT molecular complexity index is 2000. The highest BCUT2D eigenvalue weighted by molar-refractivity contribution is 7.71. The van der Waals surface area contributed by atoms with Crippen LogP contribution in [0.15, 0.2) is 49.1 Å². The second-order valence-electron chi connectivity index (χ2n) is 11.4. The third kappa shape index (κ3) is 6.09. The third-order valence-corrected chi connectivity index (χ3v) is 9.33. The summed E-state index contributed by atoms with van der Waals surface area (Å²) in [6.07, 6.45) is 8.08. The number of fused-ring (bicyclic) bond motifs is 2. The van der Waals surface area contributed by atoms with E-state index in [0.29, 0.717) is 50.6 Å². The van der Waals surface area contributed by atoms with Crippen LogP contribution in [0.5, 0.6) is 5.88 Å². The first-order valence-electron chi connectivity index (χ1n) is 14.8. The number of ether oxygens (including phenoxy) is 1. The molecule has 15 heteroatoms. The van der Waals surface area contributed by atoms with Gasteiger partial charge in [0.15, 0.2) is 0 Å². The first kappa shape index (κ1) is 30.9. The summed E-state index contributed by atoms with van der Waals surface area (Å²) in [6, 6.07) is 7.48. The monoisotopic (exact) mass is 640 g/mol. The lowest BCUT2D eigenvalue weighted by molar-refractivity contribution is 0.311. The zero-order valence-electron chi connectivity index (χ0n) is 26.4. The normalized spacial score (nSPS) is 14.5. The number of piperazine rings is 1. The molecule has 14 nitrogen and oxygen atoms in total. The molecular weight excluding hydrogens is 603 g/mol. The molecule has 0 unspecified atom stereocenters. The summed E-state index contributed by atoms with van der Waals surface area (Å²) in [5, 5.41) is 19.3. The number of nitrogens with one attached hydrogen (secondary N) is 5. The van der Waals surface area contributed by atoms with Gasteiger partial charge in [0.1, 0.15) is 35.6 Å². The summed E-state index contributed by atoms with van der Waals surface area (Å²) in [4.78, 5) is 31.1. The van der Waals surface area contributed by atoms with Gasteiger partial charge < -0.3 is 45.4 Å². The van der Waals surface area contributed by atoms with Crippen LogP contribution < -0.4 is 30.9 Å². The van der Waals surface area contributed by atoms with Crippen LogP contribution in [-0.4, -0.2) is 102 Å². The van der Waals surface area contributed by atoms with Gasteiger partial charge in [0, 0.05) is 75.4 Å². The molecule has 6 rings (SSSR count). The Kier molecular flexibility index (Phi) is 8.57. The summed E-state index contributed by atoms with van der Waals surface area (Å²) >= 11 is 0. The molecule has 46 heavy (non-hydrogen) atoms. The van der Waals surface area contributed by atoms with Gasteiger partial charge >= 0.3 is 0 Å². The van der Waals surface area contributed by atoms with Crippen molar-refractivity contribution in [2.75, 3.05) is 76.2 Å². The fraction of sp³-hybridized carbons (Fsp3) is 0.290. The van der Waals surface area contributed by atoms with E-state index in [4.69, 9.17) is 25.1 Å². The van der Waals surface area contributed by atoms with Crippen molar-refractivity contribution in [1.29, 1.82) is 5.41 Å².